The van der Waals surface area contributed by atoms with Crippen molar-refractivity contribution in [3.63, 3.8) is 0 Å². The summed E-state index contributed by atoms with van der Waals surface area (Å²) in [5.74, 6) is 0. The van der Waals surface area contributed by atoms with Crippen molar-refractivity contribution >= 4 is 17.4 Å². The molecule has 2 rings (SSSR count). The van der Waals surface area contributed by atoms with E-state index >= 15 is 0 Å². The largest absolute Gasteiger partial charge is 0.392 e. The molecule has 10 heavy (non-hydrogen) atoms. The van der Waals surface area contributed by atoms with Crippen molar-refractivity contribution in [2.75, 3.05) is 6.61 Å². The van der Waals surface area contributed by atoms with E-state index in [-0.39, 0.29) is 6.61 Å². The number of hydrogen-bond donors (Lipinski definition) is 1. The van der Waals surface area contributed by atoms with Gasteiger partial charge >= 0.3 is 0 Å². The highest BCUT2D eigenvalue weighted by molar-refractivity contribution is 7.10. The lowest BCUT2D eigenvalue weighted by atomic mass is 10.2. The standard InChI is InChI=1S/C7H7NOS/c9-3-5-1-6-7(2-5)10-4-8-6/h2,4,9H,1,3H2. The van der Waals surface area contributed by atoms with E-state index in [1.54, 1.807) is 11.3 Å². The van der Waals surface area contributed by atoms with Gasteiger partial charge < -0.3 is 5.11 Å². The third kappa shape index (κ3) is 0.786. The molecular weight excluding hydrogens is 146 g/mol. The molecule has 0 amide bonds. The third-order valence-corrected chi connectivity index (χ3v) is 2.42. The topological polar surface area (TPSA) is 33.1 Å². The smallest absolute Gasteiger partial charge is 0.0801 e. The highest BCUT2D eigenvalue weighted by Gasteiger charge is 2.13. The lowest BCUT2D eigenvalue weighted by molar-refractivity contribution is 0.330. The van der Waals surface area contributed by atoms with Crippen LogP contribution in [0.4, 0.5) is 0 Å². The van der Waals surface area contributed by atoms with Crippen molar-refractivity contribution in [3.05, 3.63) is 21.7 Å². The maximum Gasteiger partial charge on any atom is 0.0801 e. The van der Waals surface area contributed by atoms with Gasteiger partial charge in [0.05, 0.1) is 22.7 Å². The second kappa shape index (κ2) is 2.18. The summed E-state index contributed by atoms with van der Waals surface area (Å²) < 4.78 is 0. The fraction of sp³-hybridized carbons (Fsp3) is 0.286. The van der Waals surface area contributed by atoms with Gasteiger partial charge in [0.25, 0.3) is 0 Å². The minimum atomic E-state index is 0.170. The zero-order valence-electron chi connectivity index (χ0n) is 5.37. The monoisotopic (exact) mass is 153 g/mol. The molecule has 0 atom stereocenters. The summed E-state index contributed by atoms with van der Waals surface area (Å²) in [4.78, 5) is 5.36. The van der Waals surface area contributed by atoms with Crippen molar-refractivity contribution in [3.8, 4) is 0 Å². The van der Waals surface area contributed by atoms with Crippen molar-refractivity contribution in [1.29, 1.82) is 0 Å². The molecule has 52 valence electrons. The highest BCUT2D eigenvalue weighted by Crippen LogP contribution is 2.26. The van der Waals surface area contributed by atoms with Crippen LogP contribution in [-0.2, 0) is 6.42 Å². The van der Waals surface area contributed by atoms with Crippen LogP contribution in [0.3, 0.4) is 0 Å². The van der Waals surface area contributed by atoms with E-state index in [0.29, 0.717) is 0 Å². The number of thiazole rings is 1. The maximum atomic E-state index is 8.77. The Morgan fingerprint density at radius 2 is 2.60 bits per heavy atom. The second-order valence-electron chi connectivity index (χ2n) is 2.30. The number of fused-ring (bicyclic) bond motifs is 1. The molecule has 1 aliphatic rings. The second-order valence-corrected chi connectivity index (χ2v) is 3.19. The van der Waals surface area contributed by atoms with Gasteiger partial charge in [0.2, 0.25) is 0 Å². The molecule has 0 saturated heterocycles. The Hall–Kier alpha value is -0.670. The Bertz CT molecular complexity index is 277. The minimum Gasteiger partial charge on any atom is -0.392 e. The van der Waals surface area contributed by atoms with Crippen LogP contribution in [0.2, 0.25) is 0 Å². The summed E-state index contributed by atoms with van der Waals surface area (Å²) in [5, 5.41) is 8.77. The first kappa shape index (κ1) is 6.07. The Morgan fingerprint density at radius 3 is 3.30 bits per heavy atom. The van der Waals surface area contributed by atoms with E-state index in [1.165, 1.54) is 4.88 Å². The zero-order valence-corrected chi connectivity index (χ0v) is 6.19. The number of hydrogen-bond acceptors (Lipinski definition) is 3. The maximum absolute atomic E-state index is 8.77. The van der Waals surface area contributed by atoms with Crippen molar-refractivity contribution in [2.45, 2.75) is 6.42 Å². The van der Waals surface area contributed by atoms with Gasteiger partial charge in [-0.25, -0.2) is 4.98 Å². The van der Waals surface area contributed by atoms with Gasteiger partial charge in [-0.3, -0.25) is 0 Å². The molecule has 1 aromatic rings. The van der Waals surface area contributed by atoms with E-state index in [9.17, 15) is 0 Å². The highest BCUT2D eigenvalue weighted by atomic mass is 32.1. The van der Waals surface area contributed by atoms with Crippen LogP contribution in [0.5, 0.6) is 0 Å². The van der Waals surface area contributed by atoms with Crippen LogP contribution >= 0.6 is 11.3 Å². The fourth-order valence-electron chi connectivity index (χ4n) is 1.08. The molecule has 0 unspecified atom stereocenters. The SMILES string of the molecule is OCC1=Cc2scnc2C1. The van der Waals surface area contributed by atoms with E-state index in [4.69, 9.17) is 5.11 Å². The summed E-state index contributed by atoms with van der Waals surface area (Å²) in [6, 6.07) is 0. The number of aliphatic hydroxyl groups excluding tert-OH is 1. The van der Waals surface area contributed by atoms with Gasteiger partial charge in [-0.05, 0) is 11.6 Å². The first-order valence-corrected chi connectivity index (χ1v) is 4.01. The molecule has 1 aromatic heterocycles. The number of rotatable bonds is 1. The van der Waals surface area contributed by atoms with Crippen molar-refractivity contribution in [1.82, 2.24) is 4.98 Å². The van der Waals surface area contributed by atoms with Gasteiger partial charge in [0.15, 0.2) is 0 Å². The third-order valence-electron chi connectivity index (χ3n) is 1.61. The molecular formula is C7H7NOS. The van der Waals surface area contributed by atoms with Crippen LogP contribution in [0.25, 0.3) is 6.08 Å². The first-order chi connectivity index (χ1) is 4.90. The number of nitrogens with zero attached hydrogens (tertiary/aromatic N) is 1. The van der Waals surface area contributed by atoms with Gasteiger partial charge in [-0.15, -0.1) is 11.3 Å². The summed E-state index contributed by atoms with van der Waals surface area (Å²) in [6.07, 6.45) is 2.86. The minimum absolute atomic E-state index is 0.170. The van der Waals surface area contributed by atoms with Crippen molar-refractivity contribution in [2.24, 2.45) is 0 Å². The van der Waals surface area contributed by atoms with E-state index in [2.05, 4.69) is 4.98 Å². The average Bonchev–Trinajstić information content (AvgIpc) is 2.42. The molecule has 0 aliphatic heterocycles. The summed E-state index contributed by atoms with van der Waals surface area (Å²) in [7, 11) is 0. The molecule has 2 nitrogen and oxygen atoms in total. The van der Waals surface area contributed by atoms with Crippen LogP contribution < -0.4 is 0 Å². The fourth-order valence-corrected chi connectivity index (χ4v) is 1.87. The zero-order chi connectivity index (χ0) is 6.97. The van der Waals surface area contributed by atoms with Crippen LogP contribution in [0, 0.1) is 0 Å². The molecule has 1 aliphatic carbocycles. The quantitative estimate of drug-likeness (QED) is 0.654. The van der Waals surface area contributed by atoms with E-state index in [0.717, 1.165) is 17.7 Å². The molecule has 0 bridgehead atoms. The van der Waals surface area contributed by atoms with Crippen LogP contribution in [-0.4, -0.2) is 16.7 Å². The van der Waals surface area contributed by atoms with Gasteiger partial charge in [0, 0.05) is 6.42 Å². The van der Waals surface area contributed by atoms with Crippen molar-refractivity contribution < 1.29 is 5.11 Å². The Balaban J connectivity index is 2.36. The molecule has 0 aromatic carbocycles. The molecule has 0 fully saturated rings. The predicted octanol–water partition coefficient (Wildman–Crippen LogP) is 1.07. The van der Waals surface area contributed by atoms with E-state index in [1.807, 2.05) is 11.6 Å². The Morgan fingerprint density at radius 1 is 1.70 bits per heavy atom. The summed E-state index contributed by atoms with van der Waals surface area (Å²) in [5.41, 5.74) is 4.04. The molecule has 0 radical (unpaired) electrons. The molecule has 3 heteroatoms. The van der Waals surface area contributed by atoms with Gasteiger partial charge in [-0.1, -0.05) is 0 Å². The van der Waals surface area contributed by atoms with Crippen LogP contribution in [0.1, 0.15) is 10.6 Å². The molecule has 0 spiro atoms. The van der Waals surface area contributed by atoms with E-state index < -0.39 is 0 Å². The normalized spacial score (nSPS) is 15.1. The molecule has 1 N–H and O–H groups in total. The molecule has 0 saturated carbocycles. The average molecular weight is 153 g/mol. The Kier molecular flexibility index (Phi) is 1.32. The number of aliphatic hydroxyl groups is 1. The molecule has 1 heterocycles. The summed E-state index contributed by atoms with van der Waals surface area (Å²) in [6.45, 7) is 0.170. The lowest BCUT2D eigenvalue weighted by Crippen LogP contribution is -1.89. The Labute approximate surface area is 62.8 Å². The lowest BCUT2D eigenvalue weighted by Gasteiger charge is -1.90. The number of aromatic nitrogens is 1. The van der Waals surface area contributed by atoms with Gasteiger partial charge in [0.1, 0.15) is 0 Å². The van der Waals surface area contributed by atoms with Gasteiger partial charge in [-0.2, -0.15) is 0 Å². The predicted molar refractivity (Wildman–Crippen MR) is 40.9 cm³/mol. The first-order valence-electron chi connectivity index (χ1n) is 3.13. The summed E-state index contributed by atoms with van der Waals surface area (Å²) >= 11 is 1.63. The van der Waals surface area contributed by atoms with Crippen LogP contribution in [0.15, 0.2) is 11.1 Å².